The first-order valence-corrected chi connectivity index (χ1v) is 8.67. The molecule has 8 nitrogen and oxygen atoms in total. The number of hydrogen-bond acceptors (Lipinski definition) is 6. The predicted molar refractivity (Wildman–Crippen MR) is 89.1 cm³/mol. The molecule has 128 valence electrons. The molecule has 1 atom stereocenters. The zero-order valence-electron chi connectivity index (χ0n) is 13.9. The molecule has 0 aromatic carbocycles. The first-order valence-electron chi connectivity index (χ1n) is 7.86. The van der Waals surface area contributed by atoms with Gasteiger partial charge in [0, 0.05) is 14.1 Å². The van der Waals surface area contributed by atoms with E-state index in [0.29, 0.717) is 0 Å². The van der Waals surface area contributed by atoms with E-state index in [1.165, 1.54) is 10.9 Å². The predicted octanol–water partition coefficient (Wildman–Crippen LogP) is 2.50. The van der Waals surface area contributed by atoms with Crippen molar-refractivity contribution < 1.29 is 9.72 Å². The minimum atomic E-state index is -0.567. The number of aromatic nitrogens is 3. The molecule has 0 saturated heterocycles. The summed E-state index contributed by atoms with van der Waals surface area (Å²) < 4.78 is 1.30. The van der Waals surface area contributed by atoms with Crippen LogP contribution >= 0.6 is 11.3 Å². The Kier molecular flexibility index (Phi) is 4.35. The van der Waals surface area contributed by atoms with Gasteiger partial charge in [-0.15, -0.1) is 11.3 Å². The van der Waals surface area contributed by atoms with Gasteiger partial charge in [0.1, 0.15) is 6.20 Å². The zero-order chi connectivity index (χ0) is 17.4. The van der Waals surface area contributed by atoms with E-state index < -0.39 is 10.8 Å². The van der Waals surface area contributed by atoms with Gasteiger partial charge in [0.25, 0.3) is 5.91 Å². The third-order valence-corrected chi connectivity index (χ3v) is 5.61. The molecule has 0 fully saturated rings. The van der Waals surface area contributed by atoms with Crippen molar-refractivity contribution in [3.05, 3.63) is 37.6 Å². The summed E-state index contributed by atoms with van der Waals surface area (Å²) in [5.41, 5.74) is 0.685. The van der Waals surface area contributed by atoms with Crippen molar-refractivity contribution in [1.29, 1.82) is 0 Å². The first kappa shape index (κ1) is 16.6. The summed E-state index contributed by atoms with van der Waals surface area (Å²) >= 11 is 1.64. The monoisotopic (exact) mass is 349 g/mol. The van der Waals surface area contributed by atoms with Crippen molar-refractivity contribution in [2.45, 2.75) is 38.6 Å². The Morgan fingerprint density at radius 2 is 2.33 bits per heavy atom. The van der Waals surface area contributed by atoms with Crippen molar-refractivity contribution in [2.24, 2.45) is 7.05 Å². The maximum absolute atomic E-state index is 12.8. The van der Waals surface area contributed by atoms with Gasteiger partial charge in [-0.1, -0.05) is 6.92 Å². The lowest BCUT2D eigenvalue weighted by Gasteiger charge is -2.30. The van der Waals surface area contributed by atoms with Gasteiger partial charge in [-0.2, -0.15) is 5.10 Å². The van der Waals surface area contributed by atoms with Gasteiger partial charge in [-0.25, -0.2) is 4.98 Å². The number of thiazole rings is 1. The lowest BCUT2D eigenvalue weighted by molar-refractivity contribution is -0.385. The average Bonchev–Trinajstić information content (AvgIpc) is 3.16. The number of aryl methyl sites for hydroxylation is 3. The molecule has 0 radical (unpaired) electrons. The van der Waals surface area contributed by atoms with Crippen LogP contribution in [-0.4, -0.2) is 37.5 Å². The molecule has 1 aliphatic rings. The Hall–Kier alpha value is -2.29. The lowest BCUT2D eigenvalue weighted by atomic mass is 9.97. The van der Waals surface area contributed by atoms with Gasteiger partial charge >= 0.3 is 5.69 Å². The molecular weight excluding hydrogens is 330 g/mol. The molecule has 2 aromatic heterocycles. The van der Waals surface area contributed by atoms with Crippen LogP contribution in [0.25, 0.3) is 0 Å². The molecular formula is C15H19N5O3S. The molecule has 2 heterocycles. The summed E-state index contributed by atoms with van der Waals surface area (Å²) in [5.74, 6) is -0.424. The topological polar surface area (TPSA) is 94.2 Å². The Morgan fingerprint density at radius 3 is 3.00 bits per heavy atom. The number of rotatable bonds is 4. The van der Waals surface area contributed by atoms with E-state index in [4.69, 9.17) is 0 Å². The third kappa shape index (κ3) is 2.79. The number of nitrogens with zero attached hydrogens (tertiary/aromatic N) is 5. The highest BCUT2D eigenvalue weighted by Gasteiger charge is 2.34. The summed E-state index contributed by atoms with van der Waals surface area (Å²) in [5, 5.41) is 16.2. The van der Waals surface area contributed by atoms with Gasteiger partial charge in [-0.3, -0.25) is 19.6 Å². The van der Waals surface area contributed by atoms with E-state index >= 15 is 0 Å². The smallest absolute Gasteiger partial charge is 0.320 e. The van der Waals surface area contributed by atoms with Gasteiger partial charge in [-0.05, 0) is 25.7 Å². The summed E-state index contributed by atoms with van der Waals surface area (Å²) in [4.78, 5) is 30.7. The van der Waals surface area contributed by atoms with E-state index in [0.717, 1.165) is 41.3 Å². The minimum absolute atomic E-state index is 0.0966. The number of fused-ring (bicyclic) bond motifs is 1. The van der Waals surface area contributed by atoms with Crippen LogP contribution in [0.1, 0.15) is 51.9 Å². The molecule has 1 unspecified atom stereocenters. The fourth-order valence-electron chi connectivity index (χ4n) is 3.04. The molecule has 1 aliphatic carbocycles. The highest BCUT2D eigenvalue weighted by atomic mass is 32.1. The molecule has 3 rings (SSSR count). The van der Waals surface area contributed by atoms with E-state index in [-0.39, 0.29) is 17.4 Å². The van der Waals surface area contributed by atoms with Gasteiger partial charge < -0.3 is 4.90 Å². The molecule has 0 N–H and O–H groups in total. The van der Waals surface area contributed by atoms with Crippen molar-refractivity contribution >= 4 is 22.9 Å². The van der Waals surface area contributed by atoms with Crippen LogP contribution in [0.15, 0.2) is 6.20 Å². The molecule has 0 saturated carbocycles. The third-order valence-electron chi connectivity index (χ3n) is 4.26. The summed E-state index contributed by atoms with van der Waals surface area (Å²) in [6.07, 6.45) is 4.84. The molecule has 9 heteroatoms. The number of carbonyl (C=O) groups is 1. The van der Waals surface area contributed by atoms with Crippen LogP contribution in [-0.2, 0) is 19.9 Å². The lowest BCUT2D eigenvalue weighted by Crippen LogP contribution is -2.33. The fraction of sp³-hybridized carbons (Fsp3) is 0.533. The van der Waals surface area contributed by atoms with Crippen LogP contribution < -0.4 is 0 Å². The van der Waals surface area contributed by atoms with E-state index in [1.807, 2.05) is 0 Å². The molecule has 0 aliphatic heterocycles. The van der Waals surface area contributed by atoms with E-state index in [2.05, 4.69) is 17.0 Å². The average molecular weight is 349 g/mol. The molecule has 0 spiro atoms. The normalized spacial score (nSPS) is 16.7. The highest BCUT2D eigenvalue weighted by molar-refractivity contribution is 7.11. The summed E-state index contributed by atoms with van der Waals surface area (Å²) in [7, 11) is 3.26. The van der Waals surface area contributed by atoms with Crippen molar-refractivity contribution in [3.63, 3.8) is 0 Å². The van der Waals surface area contributed by atoms with Gasteiger partial charge in [0.05, 0.1) is 26.5 Å². The molecule has 24 heavy (non-hydrogen) atoms. The summed E-state index contributed by atoms with van der Waals surface area (Å²) in [6.45, 7) is 2.06. The summed E-state index contributed by atoms with van der Waals surface area (Å²) in [6, 6.07) is -0.0966. The highest BCUT2D eigenvalue weighted by Crippen LogP contribution is 2.38. The second kappa shape index (κ2) is 6.31. The molecule has 1 amide bonds. The second-order valence-electron chi connectivity index (χ2n) is 5.89. The van der Waals surface area contributed by atoms with Crippen molar-refractivity contribution in [1.82, 2.24) is 19.7 Å². The van der Waals surface area contributed by atoms with Crippen LogP contribution in [0.4, 0.5) is 5.69 Å². The van der Waals surface area contributed by atoms with E-state index in [1.54, 1.807) is 30.3 Å². The van der Waals surface area contributed by atoms with Crippen LogP contribution in [0, 0.1) is 10.1 Å². The molecule has 0 bridgehead atoms. The zero-order valence-corrected chi connectivity index (χ0v) is 14.7. The van der Waals surface area contributed by atoms with Crippen LogP contribution in [0.5, 0.6) is 0 Å². The quantitative estimate of drug-likeness (QED) is 0.624. The Balaban J connectivity index is 1.93. The Morgan fingerprint density at radius 1 is 1.58 bits per heavy atom. The number of nitro groups is 1. The maximum Gasteiger partial charge on any atom is 0.320 e. The van der Waals surface area contributed by atoms with Crippen molar-refractivity contribution in [2.75, 3.05) is 7.05 Å². The maximum atomic E-state index is 12.8. The molecule has 2 aromatic rings. The Bertz CT molecular complexity index is 797. The Labute approximate surface area is 143 Å². The standard InChI is InChI=1S/C15H19N5O3S/c1-4-12-16-9-6-5-7-10(14(9)24-12)19(3)15(21)13-11(20(22)23)8-18(2)17-13/h8,10H,4-7H2,1-3H3. The van der Waals surface area contributed by atoms with Crippen LogP contribution in [0.2, 0.25) is 0 Å². The first-order chi connectivity index (χ1) is 11.4. The second-order valence-corrected chi connectivity index (χ2v) is 7.01. The van der Waals surface area contributed by atoms with Gasteiger partial charge in [0.15, 0.2) is 0 Å². The van der Waals surface area contributed by atoms with E-state index in [9.17, 15) is 14.9 Å². The minimum Gasteiger partial charge on any atom is -0.332 e. The largest absolute Gasteiger partial charge is 0.332 e. The SMILES string of the molecule is CCc1nc2c(s1)C(N(C)C(=O)c1nn(C)cc1[N+](=O)[O-])CCC2. The number of carbonyl (C=O) groups excluding carboxylic acids is 1. The number of hydrogen-bond donors (Lipinski definition) is 0. The van der Waals surface area contributed by atoms with Gasteiger partial charge in [0.2, 0.25) is 5.69 Å². The van der Waals surface area contributed by atoms with Crippen LogP contribution in [0.3, 0.4) is 0 Å². The number of amides is 1. The fourth-order valence-corrected chi connectivity index (χ4v) is 4.27. The van der Waals surface area contributed by atoms with Crippen molar-refractivity contribution in [3.8, 4) is 0 Å².